The Labute approximate surface area is 209 Å². The van der Waals surface area contributed by atoms with Crippen molar-refractivity contribution in [2.24, 2.45) is 0 Å². The molecule has 3 N–H and O–H groups in total. The summed E-state index contributed by atoms with van der Waals surface area (Å²) in [5.41, 5.74) is 1.41. The molecule has 0 aliphatic heterocycles. The number of fused-ring (bicyclic) bond motifs is 1. The van der Waals surface area contributed by atoms with Crippen LogP contribution in [0.25, 0.3) is 11.2 Å². The molecule has 12 heteroatoms. The minimum absolute atomic E-state index is 0.0466. The van der Waals surface area contributed by atoms with Crippen molar-refractivity contribution in [3.63, 3.8) is 0 Å². The van der Waals surface area contributed by atoms with E-state index in [4.69, 9.17) is 4.98 Å². The molecule has 194 valence electrons. The van der Waals surface area contributed by atoms with E-state index in [1.54, 1.807) is 6.20 Å². The zero-order chi connectivity index (χ0) is 25.3. The molecule has 0 amide bonds. The van der Waals surface area contributed by atoms with Crippen molar-refractivity contribution in [1.82, 2.24) is 24.2 Å². The van der Waals surface area contributed by atoms with E-state index in [-0.39, 0.29) is 23.8 Å². The summed E-state index contributed by atoms with van der Waals surface area (Å²) in [5, 5.41) is 6.44. The van der Waals surface area contributed by atoms with Gasteiger partial charge in [-0.3, -0.25) is 4.57 Å². The summed E-state index contributed by atoms with van der Waals surface area (Å²) in [7, 11) is -3.22. The van der Waals surface area contributed by atoms with Crippen molar-refractivity contribution in [3.8, 4) is 0 Å². The number of hydrogen-bond donors (Lipinski definition) is 3. The van der Waals surface area contributed by atoms with Gasteiger partial charge in [0.1, 0.15) is 17.2 Å². The Morgan fingerprint density at radius 2 is 1.69 bits per heavy atom. The maximum atomic E-state index is 14.4. The lowest BCUT2D eigenvalue weighted by Crippen LogP contribution is -2.39. The number of nitrogens with zero attached hydrogens (tertiary/aromatic N) is 4. The molecule has 5 rings (SSSR count). The molecule has 2 heterocycles. The van der Waals surface area contributed by atoms with E-state index in [9.17, 15) is 17.2 Å². The Hall–Kier alpha value is -2.86. The average Bonchev–Trinajstić information content (AvgIpc) is 3.19. The van der Waals surface area contributed by atoms with Crippen LogP contribution in [0.15, 0.2) is 24.4 Å². The number of rotatable bonds is 7. The summed E-state index contributed by atoms with van der Waals surface area (Å²) in [5.74, 6) is -0.382. The number of aromatic nitrogens is 4. The molecule has 2 aromatic heterocycles. The molecular formula is C24H31F2N7O2S. The SMILES string of the molecule is CS(=O)(=O)NC1CCC(Nc2ncc3nc(Nc4ccc(F)cc4F)n(C4CCCCC4)c3n2)CC1. The number of halogens is 2. The lowest BCUT2D eigenvalue weighted by atomic mass is 9.92. The van der Waals surface area contributed by atoms with Gasteiger partial charge in [0.25, 0.3) is 0 Å². The third kappa shape index (κ3) is 5.75. The molecule has 0 atom stereocenters. The largest absolute Gasteiger partial charge is 0.351 e. The Morgan fingerprint density at radius 3 is 2.39 bits per heavy atom. The zero-order valence-corrected chi connectivity index (χ0v) is 21.0. The van der Waals surface area contributed by atoms with E-state index in [0.717, 1.165) is 57.4 Å². The first kappa shape index (κ1) is 24.8. The smallest absolute Gasteiger partial charge is 0.224 e. The van der Waals surface area contributed by atoms with Gasteiger partial charge >= 0.3 is 0 Å². The lowest BCUT2D eigenvalue weighted by Gasteiger charge is -2.29. The predicted octanol–water partition coefficient (Wildman–Crippen LogP) is 4.63. The van der Waals surface area contributed by atoms with Gasteiger partial charge in [0, 0.05) is 24.2 Å². The highest BCUT2D eigenvalue weighted by atomic mass is 32.2. The van der Waals surface area contributed by atoms with Gasteiger partial charge in [-0.15, -0.1) is 0 Å². The number of benzene rings is 1. The van der Waals surface area contributed by atoms with E-state index in [2.05, 4.69) is 25.3 Å². The van der Waals surface area contributed by atoms with Gasteiger partial charge in [-0.2, -0.15) is 4.98 Å². The number of hydrogen-bond acceptors (Lipinski definition) is 7. The molecule has 0 spiro atoms. The highest BCUT2D eigenvalue weighted by Gasteiger charge is 2.26. The van der Waals surface area contributed by atoms with E-state index in [1.807, 2.05) is 4.57 Å². The van der Waals surface area contributed by atoms with Gasteiger partial charge < -0.3 is 10.6 Å². The fraction of sp³-hybridized carbons (Fsp3) is 0.542. The molecule has 0 radical (unpaired) electrons. The third-order valence-corrected chi connectivity index (χ3v) is 7.75. The van der Waals surface area contributed by atoms with Crippen LogP contribution in [0.1, 0.15) is 63.8 Å². The van der Waals surface area contributed by atoms with E-state index in [0.29, 0.717) is 23.1 Å². The first-order valence-corrected chi connectivity index (χ1v) is 14.4. The van der Waals surface area contributed by atoms with Crippen LogP contribution in [-0.2, 0) is 10.0 Å². The van der Waals surface area contributed by atoms with Crippen LogP contribution < -0.4 is 15.4 Å². The second kappa shape index (κ2) is 10.3. The van der Waals surface area contributed by atoms with Crippen LogP contribution in [0.5, 0.6) is 0 Å². The monoisotopic (exact) mass is 519 g/mol. The second-order valence-corrected chi connectivity index (χ2v) is 11.6. The quantitative estimate of drug-likeness (QED) is 0.417. The predicted molar refractivity (Wildman–Crippen MR) is 135 cm³/mol. The van der Waals surface area contributed by atoms with Crippen molar-refractivity contribution in [1.29, 1.82) is 0 Å². The summed E-state index contributed by atoms with van der Waals surface area (Å²) in [6.07, 6.45) is 11.2. The van der Waals surface area contributed by atoms with Gasteiger partial charge in [0.15, 0.2) is 5.65 Å². The van der Waals surface area contributed by atoms with Crippen LogP contribution in [-0.4, -0.2) is 46.3 Å². The summed E-state index contributed by atoms with van der Waals surface area (Å²) in [4.78, 5) is 13.9. The summed E-state index contributed by atoms with van der Waals surface area (Å²) in [6.45, 7) is 0. The van der Waals surface area contributed by atoms with Crippen LogP contribution >= 0.6 is 0 Å². The standard InChI is InChI=1S/C24H31F2N7O2S/c1-36(34,35)32-17-10-8-16(9-11-17)28-23-27-14-21-22(31-23)33(18-5-3-2-4-6-18)24(30-21)29-20-12-7-15(25)13-19(20)26/h7,12-14,16-18,32H,2-6,8-11H2,1H3,(H,29,30)(H,27,28,31). The summed E-state index contributed by atoms with van der Waals surface area (Å²) >= 11 is 0. The van der Waals surface area contributed by atoms with E-state index >= 15 is 0 Å². The first-order chi connectivity index (χ1) is 17.2. The van der Waals surface area contributed by atoms with Crippen molar-refractivity contribution >= 4 is 38.8 Å². The fourth-order valence-electron chi connectivity index (χ4n) is 5.29. The molecule has 2 fully saturated rings. The van der Waals surface area contributed by atoms with Crippen LogP contribution in [0, 0.1) is 11.6 Å². The molecule has 2 aliphatic carbocycles. The Bertz CT molecular complexity index is 1330. The maximum absolute atomic E-state index is 14.4. The van der Waals surface area contributed by atoms with Gasteiger partial charge in [-0.25, -0.2) is 31.9 Å². The topological polar surface area (TPSA) is 114 Å². The normalized spacial score (nSPS) is 21.5. The van der Waals surface area contributed by atoms with Gasteiger partial charge in [0.05, 0.1) is 18.1 Å². The van der Waals surface area contributed by atoms with Gasteiger partial charge in [0.2, 0.25) is 21.9 Å². The minimum Gasteiger partial charge on any atom is -0.351 e. The van der Waals surface area contributed by atoms with Gasteiger partial charge in [-0.05, 0) is 50.7 Å². The number of imidazole rings is 1. The number of nitrogens with one attached hydrogen (secondary N) is 3. The lowest BCUT2D eigenvalue weighted by molar-refractivity contribution is 0.361. The third-order valence-electron chi connectivity index (χ3n) is 6.99. The maximum Gasteiger partial charge on any atom is 0.224 e. The molecule has 36 heavy (non-hydrogen) atoms. The Kier molecular flexibility index (Phi) is 7.07. The molecule has 0 bridgehead atoms. The van der Waals surface area contributed by atoms with Crippen LogP contribution in [0.2, 0.25) is 0 Å². The highest BCUT2D eigenvalue weighted by Crippen LogP contribution is 2.35. The summed E-state index contributed by atoms with van der Waals surface area (Å²) in [6, 6.07) is 3.67. The molecule has 9 nitrogen and oxygen atoms in total. The van der Waals surface area contributed by atoms with Crippen molar-refractivity contribution < 1.29 is 17.2 Å². The van der Waals surface area contributed by atoms with E-state index < -0.39 is 21.7 Å². The summed E-state index contributed by atoms with van der Waals surface area (Å²) < 4.78 is 55.5. The first-order valence-electron chi connectivity index (χ1n) is 12.5. The molecule has 3 aromatic rings. The number of sulfonamides is 1. The van der Waals surface area contributed by atoms with Gasteiger partial charge in [-0.1, -0.05) is 19.3 Å². The Balaban J connectivity index is 1.39. The fourth-order valence-corrected chi connectivity index (χ4v) is 6.13. The minimum atomic E-state index is -3.22. The molecule has 0 unspecified atom stereocenters. The van der Waals surface area contributed by atoms with Crippen molar-refractivity contribution in [2.45, 2.75) is 75.9 Å². The number of anilines is 3. The average molecular weight is 520 g/mol. The molecule has 2 saturated carbocycles. The van der Waals surface area contributed by atoms with E-state index in [1.165, 1.54) is 24.8 Å². The molecule has 0 saturated heterocycles. The highest BCUT2D eigenvalue weighted by molar-refractivity contribution is 7.88. The zero-order valence-electron chi connectivity index (χ0n) is 20.2. The van der Waals surface area contributed by atoms with Crippen molar-refractivity contribution in [2.75, 3.05) is 16.9 Å². The van der Waals surface area contributed by atoms with Crippen LogP contribution in [0.3, 0.4) is 0 Å². The van der Waals surface area contributed by atoms with Crippen LogP contribution in [0.4, 0.5) is 26.4 Å². The second-order valence-electron chi connectivity index (χ2n) is 9.83. The molecule has 2 aliphatic rings. The molecular weight excluding hydrogens is 488 g/mol. The Morgan fingerprint density at radius 1 is 0.972 bits per heavy atom. The van der Waals surface area contributed by atoms with Crippen molar-refractivity contribution in [3.05, 3.63) is 36.0 Å². The molecule has 1 aromatic carbocycles.